The van der Waals surface area contributed by atoms with Crippen molar-refractivity contribution in [2.45, 2.75) is 33.0 Å². The third-order valence-corrected chi connectivity index (χ3v) is 2.42. The highest BCUT2D eigenvalue weighted by Crippen LogP contribution is 2.17. The fraction of sp³-hybridized carbons (Fsp3) is 0.385. The number of aliphatic hydroxyl groups excluding tert-OH is 1. The van der Waals surface area contributed by atoms with Crippen LogP contribution in [0.15, 0.2) is 30.7 Å². The minimum atomic E-state index is -0.520. The second kappa shape index (κ2) is 5.18. The van der Waals surface area contributed by atoms with Crippen LogP contribution in [0.3, 0.4) is 0 Å². The number of aliphatic hydroxyl groups is 1. The molecule has 0 saturated carbocycles. The van der Waals surface area contributed by atoms with E-state index in [1.165, 1.54) is 0 Å². The Labute approximate surface area is 106 Å². The molecular weight excluding hydrogens is 230 g/mol. The van der Waals surface area contributed by atoms with Crippen molar-refractivity contribution < 1.29 is 9.84 Å². The average Bonchev–Trinajstić information content (AvgIpc) is 2.77. The maximum Gasteiger partial charge on any atom is 0.158 e. The van der Waals surface area contributed by atoms with Crippen LogP contribution >= 0.6 is 0 Å². The van der Waals surface area contributed by atoms with Gasteiger partial charge in [-0.05, 0) is 38.5 Å². The summed E-state index contributed by atoms with van der Waals surface area (Å²) in [4.78, 5) is 4.22. The van der Waals surface area contributed by atoms with E-state index in [9.17, 15) is 5.11 Å². The molecule has 0 aromatic carbocycles. The van der Waals surface area contributed by atoms with Gasteiger partial charge in [0.25, 0.3) is 0 Å². The number of nitrogens with zero attached hydrogens (tertiary/aromatic N) is 3. The van der Waals surface area contributed by atoms with Gasteiger partial charge in [0.05, 0.1) is 24.6 Å². The van der Waals surface area contributed by atoms with Crippen LogP contribution in [-0.2, 0) is 0 Å². The molecule has 18 heavy (non-hydrogen) atoms. The van der Waals surface area contributed by atoms with Gasteiger partial charge in [0.1, 0.15) is 0 Å². The highest BCUT2D eigenvalue weighted by Gasteiger charge is 2.07. The summed E-state index contributed by atoms with van der Waals surface area (Å²) in [6, 6.07) is 3.58. The van der Waals surface area contributed by atoms with Crippen LogP contribution in [0, 0.1) is 0 Å². The van der Waals surface area contributed by atoms with E-state index < -0.39 is 6.10 Å². The van der Waals surface area contributed by atoms with Crippen molar-refractivity contribution in [1.29, 1.82) is 0 Å². The van der Waals surface area contributed by atoms with Crippen LogP contribution in [-0.4, -0.2) is 26.0 Å². The van der Waals surface area contributed by atoms with Gasteiger partial charge in [-0.15, -0.1) is 0 Å². The summed E-state index contributed by atoms with van der Waals surface area (Å²) >= 11 is 0. The van der Waals surface area contributed by atoms with Crippen LogP contribution in [0.5, 0.6) is 5.75 Å². The monoisotopic (exact) mass is 247 g/mol. The number of pyridine rings is 1. The van der Waals surface area contributed by atoms with Crippen LogP contribution in [0.25, 0.3) is 5.82 Å². The van der Waals surface area contributed by atoms with Crippen LogP contribution in [0.1, 0.15) is 32.4 Å². The second-order valence-corrected chi connectivity index (χ2v) is 4.41. The molecule has 2 aromatic rings. The van der Waals surface area contributed by atoms with Crippen LogP contribution in [0.2, 0.25) is 0 Å². The summed E-state index contributed by atoms with van der Waals surface area (Å²) in [6.07, 6.45) is 4.67. The molecule has 0 fully saturated rings. The first-order chi connectivity index (χ1) is 8.56. The number of hydrogen-bond donors (Lipinski definition) is 1. The van der Waals surface area contributed by atoms with Gasteiger partial charge in [0.2, 0.25) is 0 Å². The number of ether oxygens (including phenoxy) is 1. The third kappa shape index (κ3) is 2.87. The molecule has 5 heteroatoms. The van der Waals surface area contributed by atoms with E-state index in [0.29, 0.717) is 11.6 Å². The lowest BCUT2D eigenvalue weighted by molar-refractivity contribution is 0.199. The Kier molecular flexibility index (Phi) is 3.62. The Morgan fingerprint density at radius 2 is 2.11 bits per heavy atom. The predicted molar refractivity (Wildman–Crippen MR) is 67.8 cm³/mol. The first-order valence-corrected chi connectivity index (χ1v) is 5.92. The van der Waals surface area contributed by atoms with Gasteiger partial charge in [-0.3, -0.25) is 0 Å². The normalized spacial score (nSPS) is 12.7. The van der Waals surface area contributed by atoms with E-state index in [2.05, 4.69) is 10.1 Å². The van der Waals surface area contributed by atoms with E-state index in [1.54, 1.807) is 42.3 Å². The maximum absolute atomic E-state index is 9.54. The molecule has 0 aliphatic heterocycles. The molecule has 0 unspecified atom stereocenters. The Hall–Kier alpha value is -1.88. The van der Waals surface area contributed by atoms with E-state index in [-0.39, 0.29) is 6.10 Å². The third-order valence-electron chi connectivity index (χ3n) is 2.42. The molecule has 0 aliphatic carbocycles. The van der Waals surface area contributed by atoms with Crippen LogP contribution < -0.4 is 4.74 Å². The summed E-state index contributed by atoms with van der Waals surface area (Å²) in [5, 5.41) is 13.7. The lowest BCUT2D eigenvalue weighted by Crippen LogP contribution is -2.04. The van der Waals surface area contributed by atoms with Crippen molar-refractivity contribution in [2.75, 3.05) is 0 Å². The highest BCUT2D eigenvalue weighted by molar-refractivity contribution is 5.30. The molecule has 0 amide bonds. The highest BCUT2D eigenvalue weighted by atomic mass is 16.5. The molecule has 5 nitrogen and oxygen atoms in total. The molecule has 96 valence electrons. The minimum Gasteiger partial charge on any atom is -0.488 e. The van der Waals surface area contributed by atoms with E-state index in [1.807, 2.05) is 13.8 Å². The van der Waals surface area contributed by atoms with Crippen molar-refractivity contribution in [3.63, 3.8) is 0 Å². The zero-order chi connectivity index (χ0) is 13.1. The van der Waals surface area contributed by atoms with E-state index in [4.69, 9.17) is 4.74 Å². The molecule has 0 spiro atoms. The van der Waals surface area contributed by atoms with Gasteiger partial charge >= 0.3 is 0 Å². The lowest BCUT2D eigenvalue weighted by Gasteiger charge is -2.07. The molecule has 2 rings (SSSR count). The summed E-state index contributed by atoms with van der Waals surface area (Å²) in [7, 11) is 0. The largest absolute Gasteiger partial charge is 0.488 e. The first kappa shape index (κ1) is 12.6. The molecule has 1 N–H and O–H groups in total. The Morgan fingerprint density at radius 3 is 2.78 bits per heavy atom. The maximum atomic E-state index is 9.54. The van der Waals surface area contributed by atoms with Crippen molar-refractivity contribution in [2.24, 2.45) is 0 Å². The van der Waals surface area contributed by atoms with Crippen molar-refractivity contribution in [3.05, 3.63) is 36.3 Å². The summed E-state index contributed by atoms with van der Waals surface area (Å²) in [5.41, 5.74) is 0.807. The van der Waals surface area contributed by atoms with Gasteiger partial charge in [-0.2, -0.15) is 5.10 Å². The molecule has 0 radical (unpaired) electrons. The standard InChI is InChI=1S/C13H17N3O2/c1-9(2)18-12-7-15-16(8-12)13-6-11(10(3)17)4-5-14-13/h4-10,17H,1-3H3/t10-/m0/s1. The number of hydrogen-bond acceptors (Lipinski definition) is 4. The molecule has 0 bridgehead atoms. The first-order valence-electron chi connectivity index (χ1n) is 5.92. The van der Waals surface area contributed by atoms with Crippen molar-refractivity contribution in [1.82, 2.24) is 14.8 Å². The van der Waals surface area contributed by atoms with Gasteiger partial charge in [0.15, 0.2) is 11.6 Å². The van der Waals surface area contributed by atoms with Crippen LogP contribution in [0.4, 0.5) is 0 Å². The summed E-state index contributed by atoms with van der Waals surface area (Å²) < 4.78 is 7.16. The SMILES string of the molecule is CC(C)Oc1cnn(-c2cc([C@H](C)O)ccn2)c1. The topological polar surface area (TPSA) is 60.2 Å². The zero-order valence-corrected chi connectivity index (χ0v) is 10.7. The number of rotatable bonds is 4. The Morgan fingerprint density at radius 1 is 1.33 bits per heavy atom. The van der Waals surface area contributed by atoms with E-state index in [0.717, 1.165) is 5.56 Å². The van der Waals surface area contributed by atoms with Crippen molar-refractivity contribution in [3.8, 4) is 11.6 Å². The lowest BCUT2D eigenvalue weighted by atomic mass is 10.2. The quantitative estimate of drug-likeness (QED) is 0.898. The summed E-state index contributed by atoms with van der Waals surface area (Å²) in [6.45, 7) is 5.64. The van der Waals surface area contributed by atoms with Gasteiger partial charge in [-0.1, -0.05) is 0 Å². The Balaban J connectivity index is 2.25. The molecule has 0 aliphatic rings. The van der Waals surface area contributed by atoms with Gasteiger partial charge < -0.3 is 9.84 Å². The molecular formula is C13H17N3O2. The fourth-order valence-corrected chi connectivity index (χ4v) is 1.58. The zero-order valence-electron chi connectivity index (χ0n) is 10.7. The molecule has 2 heterocycles. The predicted octanol–water partition coefficient (Wildman–Crippen LogP) is 2.11. The van der Waals surface area contributed by atoms with Crippen molar-refractivity contribution >= 4 is 0 Å². The fourth-order valence-electron chi connectivity index (χ4n) is 1.58. The number of aromatic nitrogens is 3. The Bertz CT molecular complexity index is 520. The average molecular weight is 247 g/mol. The second-order valence-electron chi connectivity index (χ2n) is 4.41. The minimum absolute atomic E-state index is 0.111. The van der Waals surface area contributed by atoms with Gasteiger partial charge in [0, 0.05) is 6.20 Å². The molecule has 2 aromatic heterocycles. The van der Waals surface area contributed by atoms with E-state index >= 15 is 0 Å². The smallest absolute Gasteiger partial charge is 0.158 e. The molecule has 0 saturated heterocycles. The van der Waals surface area contributed by atoms with Gasteiger partial charge in [-0.25, -0.2) is 9.67 Å². The summed E-state index contributed by atoms with van der Waals surface area (Å²) in [5.74, 6) is 1.36. The molecule has 1 atom stereocenters.